The Labute approximate surface area is 185 Å². The molecule has 0 spiro atoms. The first-order valence-electron chi connectivity index (χ1n) is 9.80. The van der Waals surface area contributed by atoms with Crippen molar-refractivity contribution in [3.63, 3.8) is 0 Å². The van der Waals surface area contributed by atoms with Crippen molar-refractivity contribution in [2.45, 2.75) is 18.4 Å². The summed E-state index contributed by atoms with van der Waals surface area (Å²) in [5.74, 6) is -0.520. The Morgan fingerprint density at radius 1 is 1.16 bits per heavy atom. The van der Waals surface area contributed by atoms with E-state index in [1.165, 1.54) is 26.2 Å². The smallest absolute Gasteiger partial charge is 0.340 e. The summed E-state index contributed by atoms with van der Waals surface area (Å²) in [6, 6.07) is 10.6. The molecular weight excluding hydrogens is 436 g/mol. The zero-order valence-electron chi connectivity index (χ0n) is 17.9. The van der Waals surface area contributed by atoms with Gasteiger partial charge in [-0.25, -0.2) is 27.0 Å². The van der Waals surface area contributed by atoms with Crippen molar-refractivity contribution in [2.75, 3.05) is 32.6 Å². The Kier molecular flexibility index (Phi) is 7.05. The molecule has 3 rings (SSSR count). The van der Waals surface area contributed by atoms with Gasteiger partial charge in [-0.05, 0) is 37.3 Å². The van der Waals surface area contributed by atoms with Gasteiger partial charge in [-0.3, -0.25) is 0 Å². The number of nitrogens with zero attached hydrogens (tertiary/aromatic N) is 4. The van der Waals surface area contributed by atoms with Crippen molar-refractivity contribution in [3.05, 3.63) is 48.0 Å². The first kappa shape index (κ1) is 23.2. The summed E-state index contributed by atoms with van der Waals surface area (Å²) in [5, 5.41) is 13.4. The van der Waals surface area contributed by atoms with E-state index in [0.29, 0.717) is 23.3 Å². The molecule has 12 heteroatoms. The van der Waals surface area contributed by atoms with Crippen molar-refractivity contribution in [3.8, 4) is 0 Å². The molecule has 2 aromatic carbocycles. The molecule has 1 aromatic heterocycles. The van der Waals surface area contributed by atoms with Crippen LogP contribution in [0.25, 0.3) is 11.0 Å². The quantitative estimate of drug-likeness (QED) is 0.488. The molecule has 32 heavy (non-hydrogen) atoms. The molecule has 11 nitrogen and oxygen atoms in total. The number of rotatable bonds is 8. The van der Waals surface area contributed by atoms with Crippen LogP contribution in [0, 0.1) is 0 Å². The minimum absolute atomic E-state index is 0.125. The molecule has 0 saturated heterocycles. The Morgan fingerprint density at radius 3 is 2.62 bits per heavy atom. The van der Waals surface area contributed by atoms with Gasteiger partial charge in [0, 0.05) is 20.6 Å². The highest BCUT2D eigenvalue weighted by Gasteiger charge is 2.19. The van der Waals surface area contributed by atoms with Crippen LogP contribution in [0.2, 0.25) is 0 Å². The molecule has 1 heterocycles. The highest BCUT2D eigenvalue weighted by atomic mass is 32.2. The minimum atomic E-state index is -3.57. The predicted octanol–water partition coefficient (Wildman–Crippen LogP) is 1.68. The molecule has 0 bridgehead atoms. The SMILES string of the molecule is CCOC(=O)c1ccccc1NC(=O)NCCn1nnc2cc(S(=O)(=O)N(C)C)ccc21. The summed E-state index contributed by atoms with van der Waals surface area (Å²) >= 11 is 0. The fraction of sp³-hybridized carbons (Fsp3) is 0.300. The number of esters is 1. The highest BCUT2D eigenvalue weighted by molar-refractivity contribution is 7.89. The monoisotopic (exact) mass is 460 g/mol. The van der Waals surface area contributed by atoms with Gasteiger partial charge in [0.2, 0.25) is 10.0 Å². The fourth-order valence-electron chi connectivity index (χ4n) is 2.91. The van der Waals surface area contributed by atoms with Crippen molar-refractivity contribution in [2.24, 2.45) is 0 Å². The molecule has 0 atom stereocenters. The summed E-state index contributed by atoms with van der Waals surface area (Å²) in [7, 11) is -0.659. The first-order valence-corrected chi connectivity index (χ1v) is 11.2. The average Bonchev–Trinajstić information content (AvgIpc) is 3.16. The average molecular weight is 461 g/mol. The van der Waals surface area contributed by atoms with E-state index in [9.17, 15) is 18.0 Å². The van der Waals surface area contributed by atoms with Crippen LogP contribution in [0.15, 0.2) is 47.4 Å². The van der Waals surface area contributed by atoms with E-state index < -0.39 is 22.0 Å². The van der Waals surface area contributed by atoms with Crippen LogP contribution in [-0.2, 0) is 21.3 Å². The molecule has 0 unspecified atom stereocenters. The van der Waals surface area contributed by atoms with E-state index >= 15 is 0 Å². The van der Waals surface area contributed by atoms with Crippen molar-refractivity contribution >= 4 is 38.7 Å². The van der Waals surface area contributed by atoms with E-state index in [1.807, 2.05) is 0 Å². The molecule has 0 aliphatic heterocycles. The van der Waals surface area contributed by atoms with Crippen LogP contribution in [-0.4, -0.2) is 67.0 Å². The van der Waals surface area contributed by atoms with Crippen LogP contribution in [0.4, 0.5) is 10.5 Å². The summed E-state index contributed by atoms with van der Waals surface area (Å²) in [6.45, 7) is 2.47. The van der Waals surface area contributed by atoms with Gasteiger partial charge in [-0.2, -0.15) is 0 Å². The van der Waals surface area contributed by atoms with Crippen LogP contribution < -0.4 is 10.6 Å². The summed E-state index contributed by atoms with van der Waals surface area (Å²) < 4.78 is 32.2. The van der Waals surface area contributed by atoms with E-state index in [-0.39, 0.29) is 23.6 Å². The highest BCUT2D eigenvalue weighted by Crippen LogP contribution is 2.19. The third-order valence-electron chi connectivity index (χ3n) is 4.54. The Hall–Kier alpha value is -3.51. The third kappa shape index (κ3) is 5.03. The maximum Gasteiger partial charge on any atom is 0.340 e. The third-order valence-corrected chi connectivity index (χ3v) is 6.35. The van der Waals surface area contributed by atoms with Gasteiger partial charge < -0.3 is 15.4 Å². The molecule has 0 fully saturated rings. The number of para-hydroxylation sites is 1. The number of hydrogen-bond donors (Lipinski definition) is 2. The maximum atomic E-state index is 12.3. The molecule has 0 radical (unpaired) electrons. The second-order valence-electron chi connectivity index (χ2n) is 6.90. The molecule has 3 aromatic rings. The molecule has 0 aliphatic rings. The standard InChI is InChI=1S/C20H24N6O5S/c1-4-31-19(27)15-7-5-6-8-16(15)22-20(28)21-11-12-26-18-10-9-14(13-17(18)23-24-26)32(29,30)25(2)3/h5-10,13H,4,11-12H2,1-3H3,(H2,21,22,28). The van der Waals surface area contributed by atoms with Crippen LogP contribution in [0.3, 0.4) is 0 Å². The molecule has 2 amide bonds. The molecule has 0 saturated carbocycles. The Bertz CT molecular complexity index is 1240. The topological polar surface area (TPSA) is 136 Å². The minimum Gasteiger partial charge on any atom is -0.462 e. The fourth-order valence-corrected chi connectivity index (χ4v) is 3.83. The Balaban J connectivity index is 1.63. The summed E-state index contributed by atoms with van der Waals surface area (Å²) in [4.78, 5) is 24.4. The van der Waals surface area contributed by atoms with Crippen molar-refractivity contribution in [1.29, 1.82) is 0 Å². The predicted molar refractivity (Wildman–Crippen MR) is 118 cm³/mol. The molecule has 2 N–H and O–H groups in total. The molecule has 170 valence electrons. The number of benzene rings is 2. The van der Waals surface area contributed by atoms with Gasteiger partial charge in [0.15, 0.2) is 0 Å². The number of fused-ring (bicyclic) bond motifs is 1. The lowest BCUT2D eigenvalue weighted by molar-refractivity contribution is 0.0527. The van der Waals surface area contributed by atoms with Crippen molar-refractivity contribution < 1.29 is 22.7 Å². The number of nitrogens with one attached hydrogen (secondary N) is 2. The van der Waals surface area contributed by atoms with E-state index in [1.54, 1.807) is 41.9 Å². The number of hydrogen-bond acceptors (Lipinski definition) is 7. The number of amides is 2. The van der Waals surface area contributed by atoms with Crippen LogP contribution in [0.1, 0.15) is 17.3 Å². The number of sulfonamides is 1. The van der Waals surface area contributed by atoms with Crippen LogP contribution in [0.5, 0.6) is 0 Å². The number of carbonyl (C=O) groups excluding carboxylic acids is 2. The summed E-state index contributed by atoms with van der Waals surface area (Å²) in [6.07, 6.45) is 0. The largest absolute Gasteiger partial charge is 0.462 e. The Morgan fingerprint density at radius 2 is 1.91 bits per heavy atom. The second-order valence-corrected chi connectivity index (χ2v) is 9.05. The normalized spacial score (nSPS) is 11.5. The number of carbonyl (C=O) groups is 2. The number of ether oxygens (including phenoxy) is 1. The number of aromatic nitrogens is 3. The zero-order valence-corrected chi connectivity index (χ0v) is 18.7. The van der Waals surface area contributed by atoms with Crippen molar-refractivity contribution in [1.82, 2.24) is 24.6 Å². The lowest BCUT2D eigenvalue weighted by Crippen LogP contribution is -2.32. The molecule has 0 aliphatic carbocycles. The maximum absolute atomic E-state index is 12.3. The van der Waals surface area contributed by atoms with Gasteiger partial charge in [0.25, 0.3) is 0 Å². The van der Waals surface area contributed by atoms with Crippen LogP contribution >= 0.6 is 0 Å². The number of urea groups is 1. The van der Waals surface area contributed by atoms with E-state index in [4.69, 9.17) is 4.74 Å². The van der Waals surface area contributed by atoms with Gasteiger partial charge >= 0.3 is 12.0 Å². The van der Waals surface area contributed by atoms with Gasteiger partial charge in [-0.1, -0.05) is 17.3 Å². The lowest BCUT2D eigenvalue weighted by Gasteiger charge is -2.12. The first-order chi connectivity index (χ1) is 15.2. The molecular formula is C20H24N6O5S. The second kappa shape index (κ2) is 9.75. The van der Waals surface area contributed by atoms with Gasteiger partial charge in [0.1, 0.15) is 5.52 Å². The summed E-state index contributed by atoms with van der Waals surface area (Å²) in [5.41, 5.74) is 1.66. The number of anilines is 1. The lowest BCUT2D eigenvalue weighted by atomic mass is 10.2. The van der Waals surface area contributed by atoms with E-state index in [0.717, 1.165) is 4.31 Å². The van der Waals surface area contributed by atoms with Gasteiger partial charge in [-0.15, -0.1) is 5.10 Å². The zero-order chi connectivity index (χ0) is 23.3. The van der Waals surface area contributed by atoms with E-state index in [2.05, 4.69) is 20.9 Å². The van der Waals surface area contributed by atoms with Gasteiger partial charge in [0.05, 0.1) is 34.8 Å².